The van der Waals surface area contributed by atoms with Crippen LogP contribution in [0.4, 0.5) is 4.79 Å². The number of carbonyl (C=O) groups is 1. The molecule has 0 fully saturated rings. The van der Waals surface area contributed by atoms with Crippen LogP contribution in [0.15, 0.2) is 48.9 Å². The number of methoxy groups -OCH3 is 1. The van der Waals surface area contributed by atoms with Crippen LogP contribution >= 0.6 is 0 Å². The Hall–Kier alpha value is -3.52. The van der Waals surface area contributed by atoms with Crippen LogP contribution in [0.25, 0.3) is 22.6 Å². The Morgan fingerprint density at radius 1 is 1.16 bits per heavy atom. The summed E-state index contributed by atoms with van der Waals surface area (Å²) in [6.45, 7) is 13.5. The Balaban J connectivity index is 0.00000121. The summed E-state index contributed by atoms with van der Waals surface area (Å²) in [4.78, 5) is 16.9. The summed E-state index contributed by atoms with van der Waals surface area (Å²) in [6.07, 6.45) is 12.3. The molecule has 170 valence electrons. The van der Waals surface area contributed by atoms with E-state index in [2.05, 4.69) is 10.9 Å². The number of allylic oxidation sites excluding steroid dienone is 1. The summed E-state index contributed by atoms with van der Waals surface area (Å²) in [6, 6.07) is 9.23. The lowest BCUT2D eigenvalue weighted by Crippen LogP contribution is -2.26. The van der Waals surface area contributed by atoms with Crippen molar-refractivity contribution in [3.8, 4) is 18.1 Å². The van der Waals surface area contributed by atoms with Crippen LogP contribution in [0.3, 0.4) is 0 Å². The lowest BCUT2D eigenvalue weighted by Gasteiger charge is -2.19. The molecular formula is C27H34N2O3. The molecule has 0 aliphatic heterocycles. The van der Waals surface area contributed by atoms with Gasteiger partial charge in [0.15, 0.2) is 0 Å². The first-order chi connectivity index (χ1) is 15.3. The molecule has 0 aliphatic rings. The predicted molar refractivity (Wildman–Crippen MR) is 134 cm³/mol. The number of terminal acetylenes is 1. The van der Waals surface area contributed by atoms with Gasteiger partial charge < -0.3 is 9.47 Å². The quantitative estimate of drug-likeness (QED) is 0.414. The lowest BCUT2D eigenvalue weighted by molar-refractivity contribution is 0.0544. The van der Waals surface area contributed by atoms with E-state index < -0.39 is 11.7 Å². The van der Waals surface area contributed by atoms with Crippen molar-refractivity contribution in [2.75, 3.05) is 7.11 Å². The van der Waals surface area contributed by atoms with Crippen LogP contribution in [-0.4, -0.2) is 28.4 Å². The highest BCUT2D eigenvalue weighted by Gasteiger charge is 2.22. The second-order valence-electron chi connectivity index (χ2n) is 7.26. The minimum absolute atomic E-state index is 0.466. The number of aromatic nitrogens is 2. The molecule has 1 aromatic carbocycles. The van der Waals surface area contributed by atoms with E-state index in [1.165, 1.54) is 4.57 Å². The largest absolute Gasteiger partial charge is 0.497 e. The molecule has 0 bridgehead atoms. The standard InChI is InChI=1S/C23H22N2O3.2C2H6/c1-6-17(12-16-8-7-11-24-14-16)20-15-25(22(26)28-23(2,3)4)21-10-9-18(27-5)13-19(20)21;2*1-2/h1,7-15H,2-5H3;2*1-2H3/b17-12+;;. The molecule has 3 aromatic rings. The molecule has 0 unspecified atom stereocenters. The van der Waals surface area contributed by atoms with Crippen LogP contribution in [0, 0.1) is 12.3 Å². The minimum Gasteiger partial charge on any atom is -0.497 e. The van der Waals surface area contributed by atoms with E-state index in [-0.39, 0.29) is 0 Å². The highest BCUT2D eigenvalue weighted by atomic mass is 16.6. The second kappa shape index (κ2) is 12.4. The van der Waals surface area contributed by atoms with Crippen LogP contribution < -0.4 is 4.74 Å². The summed E-state index contributed by atoms with van der Waals surface area (Å²) < 4.78 is 12.4. The third-order valence-corrected chi connectivity index (χ3v) is 4.04. The van der Waals surface area contributed by atoms with E-state index in [9.17, 15) is 4.79 Å². The molecule has 5 nitrogen and oxygen atoms in total. The molecule has 0 spiro atoms. The molecule has 2 heterocycles. The molecule has 3 rings (SSSR count). The van der Waals surface area contributed by atoms with Gasteiger partial charge >= 0.3 is 6.09 Å². The monoisotopic (exact) mass is 434 g/mol. The zero-order valence-electron chi connectivity index (χ0n) is 20.4. The van der Waals surface area contributed by atoms with Gasteiger partial charge in [0.05, 0.1) is 12.6 Å². The fraction of sp³-hybridized carbons (Fsp3) is 0.333. The van der Waals surface area contributed by atoms with Gasteiger partial charge in [-0.3, -0.25) is 9.55 Å². The molecule has 2 aromatic heterocycles. The Labute approximate surface area is 192 Å². The van der Waals surface area contributed by atoms with Crippen LogP contribution in [0.2, 0.25) is 0 Å². The predicted octanol–water partition coefficient (Wildman–Crippen LogP) is 7.05. The first-order valence-corrected chi connectivity index (χ1v) is 10.8. The van der Waals surface area contributed by atoms with E-state index in [4.69, 9.17) is 15.9 Å². The molecular weight excluding hydrogens is 400 g/mol. The van der Waals surface area contributed by atoms with Gasteiger partial charge in [-0.1, -0.05) is 39.7 Å². The Morgan fingerprint density at radius 3 is 2.38 bits per heavy atom. The van der Waals surface area contributed by atoms with E-state index in [1.54, 1.807) is 31.8 Å². The number of hydrogen-bond acceptors (Lipinski definition) is 4. The third kappa shape index (κ3) is 6.75. The SMILES string of the molecule is C#C/C(=C\c1cccnc1)c1cn(C(=O)OC(C)(C)C)c2ccc(OC)cc12.CC.CC. The minimum atomic E-state index is -0.610. The van der Waals surface area contributed by atoms with Crippen molar-refractivity contribution in [2.24, 2.45) is 0 Å². The molecule has 32 heavy (non-hydrogen) atoms. The summed E-state index contributed by atoms with van der Waals surface area (Å²) in [7, 11) is 1.60. The van der Waals surface area contributed by atoms with Crippen LogP contribution in [0.1, 0.15) is 59.6 Å². The smallest absolute Gasteiger partial charge is 0.419 e. The number of nitrogens with zero attached hydrogens (tertiary/aromatic N) is 2. The maximum atomic E-state index is 12.7. The van der Waals surface area contributed by atoms with Gasteiger partial charge in [-0.25, -0.2) is 4.79 Å². The van der Waals surface area contributed by atoms with Gasteiger partial charge in [0, 0.05) is 35.1 Å². The van der Waals surface area contributed by atoms with E-state index >= 15 is 0 Å². The van der Waals surface area contributed by atoms with Gasteiger partial charge in [0.2, 0.25) is 0 Å². The second-order valence-corrected chi connectivity index (χ2v) is 7.26. The zero-order valence-corrected chi connectivity index (χ0v) is 20.4. The number of ether oxygens (including phenoxy) is 2. The fourth-order valence-corrected chi connectivity index (χ4v) is 2.84. The topological polar surface area (TPSA) is 53.4 Å². The summed E-state index contributed by atoms with van der Waals surface area (Å²) in [5, 5.41) is 0.804. The van der Waals surface area contributed by atoms with Crippen molar-refractivity contribution in [3.05, 3.63) is 60.0 Å². The molecule has 0 atom stereocenters. The Kier molecular flexibility index (Phi) is 10.2. The molecule has 0 amide bonds. The van der Waals surface area contributed by atoms with Crippen molar-refractivity contribution in [1.29, 1.82) is 0 Å². The summed E-state index contributed by atoms with van der Waals surface area (Å²) in [5.74, 6) is 3.40. The number of benzene rings is 1. The van der Waals surface area contributed by atoms with Crippen LogP contribution in [0.5, 0.6) is 5.75 Å². The summed E-state index contributed by atoms with van der Waals surface area (Å²) in [5.41, 5.74) is 2.33. The molecule has 5 heteroatoms. The first-order valence-electron chi connectivity index (χ1n) is 10.8. The van der Waals surface area contributed by atoms with Gasteiger partial charge in [0.1, 0.15) is 11.4 Å². The normalized spacial score (nSPS) is 10.8. The van der Waals surface area contributed by atoms with Crippen molar-refractivity contribution < 1.29 is 14.3 Å². The fourth-order valence-electron chi connectivity index (χ4n) is 2.84. The summed E-state index contributed by atoms with van der Waals surface area (Å²) >= 11 is 0. The van der Waals surface area contributed by atoms with Crippen LogP contribution in [-0.2, 0) is 4.74 Å². The van der Waals surface area contributed by atoms with Gasteiger partial charge in [-0.2, -0.15) is 0 Å². The van der Waals surface area contributed by atoms with Crippen molar-refractivity contribution in [1.82, 2.24) is 9.55 Å². The van der Waals surface area contributed by atoms with E-state index in [0.717, 1.165) is 16.5 Å². The average Bonchev–Trinajstić information content (AvgIpc) is 3.18. The molecule has 0 saturated carbocycles. The Bertz CT molecular complexity index is 1080. The highest BCUT2D eigenvalue weighted by Crippen LogP contribution is 2.32. The molecule has 0 radical (unpaired) electrons. The number of pyridine rings is 1. The van der Waals surface area contributed by atoms with E-state index in [1.807, 2.05) is 78.8 Å². The van der Waals surface area contributed by atoms with Gasteiger partial charge in [-0.15, -0.1) is 6.42 Å². The number of rotatable bonds is 3. The van der Waals surface area contributed by atoms with Gasteiger partial charge in [-0.05, 0) is 56.7 Å². The number of carbonyl (C=O) groups excluding carboxylic acids is 1. The first kappa shape index (κ1) is 26.5. The zero-order chi connectivity index (χ0) is 24.3. The number of hydrogen-bond donors (Lipinski definition) is 0. The van der Waals surface area contributed by atoms with E-state index in [0.29, 0.717) is 16.8 Å². The van der Waals surface area contributed by atoms with Crippen molar-refractivity contribution in [3.63, 3.8) is 0 Å². The third-order valence-electron chi connectivity index (χ3n) is 4.04. The molecule has 0 aliphatic carbocycles. The maximum Gasteiger partial charge on any atom is 0.419 e. The number of fused-ring (bicyclic) bond motifs is 1. The van der Waals surface area contributed by atoms with Crippen molar-refractivity contribution >= 4 is 28.6 Å². The molecule has 0 saturated heterocycles. The highest BCUT2D eigenvalue weighted by molar-refractivity contribution is 6.04. The van der Waals surface area contributed by atoms with Crippen molar-refractivity contribution in [2.45, 2.75) is 54.1 Å². The molecule has 0 N–H and O–H groups in total. The average molecular weight is 435 g/mol. The van der Waals surface area contributed by atoms with Gasteiger partial charge in [0.25, 0.3) is 0 Å². The lowest BCUT2D eigenvalue weighted by atomic mass is 10.0. The maximum absolute atomic E-state index is 12.7. The Morgan fingerprint density at radius 2 is 1.84 bits per heavy atom.